The second-order valence-corrected chi connectivity index (χ2v) is 10.8. The van der Waals surface area contributed by atoms with Crippen LogP contribution in [0.4, 0.5) is 13.2 Å². The molecule has 0 atom stereocenters. The van der Waals surface area contributed by atoms with Crippen LogP contribution in [0.15, 0.2) is 48.5 Å². The molecule has 5 nitrogen and oxygen atoms in total. The van der Waals surface area contributed by atoms with Crippen LogP contribution in [-0.2, 0) is 11.2 Å². The molecule has 0 aliphatic heterocycles. The lowest BCUT2D eigenvalue weighted by atomic mass is 9.86. The second kappa shape index (κ2) is 11.0. The summed E-state index contributed by atoms with van der Waals surface area (Å²) >= 11 is 1.58. The van der Waals surface area contributed by atoms with Gasteiger partial charge in [0.05, 0.1) is 11.5 Å². The van der Waals surface area contributed by atoms with Crippen molar-refractivity contribution in [3.8, 4) is 16.9 Å². The molecule has 4 rings (SSSR count). The lowest BCUT2D eigenvalue weighted by Crippen LogP contribution is -2.39. The maximum absolute atomic E-state index is 13.2. The number of carboxylic acids is 1. The van der Waals surface area contributed by atoms with Crippen LogP contribution in [0.1, 0.15) is 56.9 Å². The maximum atomic E-state index is 13.2. The van der Waals surface area contributed by atoms with Crippen LogP contribution in [0.25, 0.3) is 11.1 Å². The van der Waals surface area contributed by atoms with Gasteiger partial charge in [0.1, 0.15) is 5.75 Å². The molecule has 0 radical (unpaired) electrons. The molecular weight excluding hydrogens is 503 g/mol. The standard InChI is InChI=1S/C28H28F3NO4S/c1-16-24(25(17(2)37-16)26(33)32-22-11-7-21(8-12-22)27(34)35)15-18-3-5-19(6-4-18)20-9-13-23(14-10-20)36-28(29,30)31/h3-6,9-10,13-14,21-22H,7-8,11-12,15H2,1-2H3,(H,32,33)(H,34,35). The molecule has 1 amide bonds. The smallest absolute Gasteiger partial charge is 0.481 e. The van der Waals surface area contributed by atoms with Crippen molar-refractivity contribution in [2.45, 2.75) is 58.4 Å². The molecule has 1 heterocycles. The quantitative estimate of drug-likeness (QED) is 0.348. The van der Waals surface area contributed by atoms with Crippen molar-refractivity contribution in [3.63, 3.8) is 0 Å². The molecule has 9 heteroatoms. The lowest BCUT2D eigenvalue weighted by molar-refractivity contribution is -0.274. The Bertz CT molecular complexity index is 1260. The Balaban J connectivity index is 1.44. The van der Waals surface area contributed by atoms with E-state index in [-0.39, 0.29) is 23.6 Å². The Morgan fingerprint density at radius 1 is 0.946 bits per heavy atom. The van der Waals surface area contributed by atoms with Gasteiger partial charge in [-0.1, -0.05) is 36.4 Å². The van der Waals surface area contributed by atoms with Crippen molar-refractivity contribution in [1.29, 1.82) is 0 Å². The van der Waals surface area contributed by atoms with E-state index in [1.807, 2.05) is 38.1 Å². The summed E-state index contributed by atoms with van der Waals surface area (Å²) in [4.78, 5) is 26.4. The molecule has 3 aromatic rings. The third-order valence-electron chi connectivity index (χ3n) is 6.78. The largest absolute Gasteiger partial charge is 0.573 e. The van der Waals surface area contributed by atoms with Crippen molar-refractivity contribution in [2.75, 3.05) is 0 Å². The first kappa shape index (κ1) is 26.7. The third-order valence-corrected chi connectivity index (χ3v) is 7.84. The number of hydrogen-bond donors (Lipinski definition) is 2. The number of ether oxygens (including phenoxy) is 1. The van der Waals surface area contributed by atoms with Gasteiger partial charge in [-0.05, 0) is 80.3 Å². The van der Waals surface area contributed by atoms with Crippen LogP contribution >= 0.6 is 11.3 Å². The van der Waals surface area contributed by atoms with Gasteiger partial charge in [0.15, 0.2) is 0 Å². The number of benzene rings is 2. The van der Waals surface area contributed by atoms with Gasteiger partial charge in [-0.25, -0.2) is 0 Å². The van der Waals surface area contributed by atoms with Crippen LogP contribution in [0.3, 0.4) is 0 Å². The van der Waals surface area contributed by atoms with E-state index < -0.39 is 12.3 Å². The summed E-state index contributed by atoms with van der Waals surface area (Å²) in [6.45, 7) is 3.94. The number of alkyl halides is 3. The van der Waals surface area contributed by atoms with Gasteiger partial charge < -0.3 is 15.2 Å². The molecular formula is C28H28F3NO4S. The molecule has 1 aliphatic carbocycles. The molecule has 1 fully saturated rings. The van der Waals surface area contributed by atoms with E-state index in [4.69, 9.17) is 0 Å². The molecule has 2 N–H and O–H groups in total. The van der Waals surface area contributed by atoms with E-state index in [0.29, 0.717) is 37.7 Å². The van der Waals surface area contributed by atoms with E-state index >= 15 is 0 Å². The number of carbonyl (C=O) groups excluding carboxylic acids is 1. The fraction of sp³-hybridized carbons (Fsp3) is 0.357. The predicted molar refractivity (Wildman–Crippen MR) is 136 cm³/mol. The van der Waals surface area contributed by atoms with Crippen molar-refractivity contribution in [3.05, 3.63) is 75.0 Å². The molecule has 1 aromatic heterocycles. The minimum atomic E-state index is -4.73. The summed E-state index contributed by atoms with van der Waals surface area (Å²) in [7, 11) is 0. The average molecular weight is 532 g/mol. The predicted octanol–water partition coefficient (Wildman–Crippen LogP) is 6.89. The van der Waals surface area contributed by atoms with Crippen LogP contribution in [0.2, 0.25) is 0 Å². The zero-order chi connectivity index (χ0) is 26.7. The Morgan fingerprint density at radius 2 is 1.51 bits per heavy atom. The lowest BCUT2D eigenvalue weighted by Gasteiger charge is -2.27. The molecule has 1 saturated carbocycles. The van der Waals surface area contributed by atoms with Crippen molar-refractivity contribution in [1.82, 2.24) is 5.32 Å². The third kappa shape index (κ3) is 6.71. The number of aliphatic carboxylic acids is 1. The van der Waals surface area contributed by atoms with E-state index in [1.54, 1.807) is 23.5 Å². The Hall–Kier alpha value is -3.33. The molecule has 2 aromatic carbocycles. The van der Waals surface area contributed by atoms with Crippen molar-refractivity contribution >= 4 is 23.2 Å². The Morgan fingerprint density at radius 3 is 2.05 bits per heavy atom. The molecule has 37 heavy (non-hydrogen) atoms. The highest BCUT2D eigenvalue weighted by Crippen LogP contribution is 2.32. The molecule has 0 spiro atoms. The molecule has 0 bridgehead atoms. The second-order valence-electron chi connectivity index (χ2n) is 9.37. The topological polar surface area (TPSA) is 75.6 Å². The number of carbonyl (C=O) groups is 2. The fourth-order valence-electron chi connectivity index (χ4n) is 4.85. The van der Waals surface area contributed by atoms with Crippen LogP contribution in [0.5, 0.6) is 5.75 Å². The van der Waals surface area contributed by atoms with E-state index in [0.717, 1.165) is 32.0 Å². The van der Waals surface area contributed by atoms with Gasteiger partial charge >= 0.3 is 12.3 Å². The number of thiophene rings is 1. The summed E-state index contributed by atoms with van der Waals surface area (Å²) in [6.07, 6.45) is -1.70. The normalized spacial score (nSPS) is 17.9. The number of carboxylic acid groups (broad SMARTS) is 1. The molecule has 0 saturated heterocycles. The van der Waals surface area contributed by atoms with Crippen LogP contribution < -0.4 is 10.1 Å². The van der Waals surface area contributed by atoms with E-state index in [9.17, 15) is 27.9 Å². The first-order valence-electron chi connectivity index (χ1n) is 12.1. The molecule has 196 valence electrons. The number of rotatable bonds is 7. The minimum absolute atomic E-state index is 0.0252. The number of aryl methyl sites for hydroxylation is 2. The number of nitrogens with one attached hydrogen (secondary N) is 1. The van der Waals surface area contributed by atoms with Crippen LogP contribution in [-0.4, -0.2) is 29.4 Å². The van der Waals surface area contributed by atoms with E-state index in [2.05, 4.69) is 10.1 Å². The zero-order valence-corrected chi connectivity index (χ0v) is 21.3. The monoisotopic (exact) mass is 531 g/mol. The van der Waals surface area contributed by atoms with Crippen LogP contribution in [0, 0.1) is 19.8 Å². The summed E-state index contributed by atoms with van der Waals surface area (Å²) in [6, 6.07) is 13.4. The van der Waals surface area contributed by atoms with Crippen molar-refractivity contribution in [2.24, 2.45) is 5.92 Å². The first-order chi connectivity index (χ1) is 17.5. The number of halogens is 3. The van der Waals surface area contributed by atoms with Gasteiger partial charge in [-0.15, -0.1) is 24.5 Å². The summed E-state index contributed by atoms with van der Waals surface area (Å²) in [5.41, 5.74) is 4.29. The number of hydrogen-bond acceptors (Lipinski definition) is 4. The van der Waals surface area contributed by atoms with E-state index in [1.165, 1.54) is 12.1 Å². The highest BCUT2D eigenvalue weighted by Gasteiger charge is 2.31. The van der Waals surface area contributed by atoms with Gasteiger partial charge in [0, 0.05) is 15.8 Å². The molecule has 0 unspecified atom stereocenters. The first-order valence-corrected chi connectivity index (χ1v) is 12.9. The van der Waals surface area contributed by atoms with Gasteiger partial charge in [-0.3, -0.25) is 9.59 Å². The fourth-order valence-corrected chi connectivity index (χ4v) is 5.93. The average Bonchev–Trinajstić information content (AvgIpc) is 3.12. The Labute approximate surface area is 217 Å². The Kier molecular flexibility index (Phi) is 7.92. The van der Waals surface area contributed by atoms with Gasteiger partial charge in [0.25, 0.3) is 5.91 Å². The highest BCUT2D eigenvalue weighted by molar-refractivity contribution is 7.12. The summed E-state index contributed by atoms with van der Waals surface area (Å²) in [5, 5.41) is 12.3. The SMILES string of the molecule is Cc1sc(C)c(C(=O)NC2CCC(C(=O)O)CC2)c1Cc1ccc(-c2ccc(OC(F)(F)F)cc2)cc1. The van der Waals surface area contributed by atoms with Gasteiger partial charge in [-0.2, -0.15) is 0 Å². The van der Waals surface area contributed by atoms with Gasteiger partial charge in [0.2, 0.25) is 0 Å². The zero-order valence-electron chi connectivity index (χ0n) is 20.5. The summed E-state index contributed by atoms with van der Waals surface area (Å²) in [5.74, 6) is -1.48. The minimum Gasteiger partial charge on any atom is -0.481 e. The van der Waals surface area contributed by atoms with Crippen molar-refractivity contribution < 1.29 is 32.6 Å². The highest BCUT2D eigenvalue weighted by atomic mass is 32.1. The summed E-state index contributed by atoms with van der Waals surface area (Å²) < 4.78 is 41.1. The number of amides is 1. The maximum Gasteiger partial charge on any atom is 0.573 e. The molecule has 1 aliphatic rings.